The van der Waals surface area contributed by atoms with Crippen LogP contribution in [-0.2, 0) is 4.79 Å². The summed E-state index contributed by atoms with van der Waals surface area (Å²) in [5.41, 5.74) is 5.95. The van der Waals surface area contributed by atoms with Gasteiger partial charge in [0, 0.05) is 18.3 Å². The van der Waals surface area contributed by atoms with Crippen molar-refractivity contribution in [3.63, 3.8) is 0 Å². The monoisotopic (exact) mass is 276 g/mol. The van der Waals surface area contributed by atoms with Crippen molar-refractivity contribution >= 4 is 29.4 Å². The van der Waals surface area contributed by atoms with Crippen LogP contribution in [0.4, 0.5) is 0 Å². The number of hydrogen-bond donors (Lipinski definition) is 1. The van der Waals surface area contributed by atoms with Crippen molar-refractivity contribution in [1.82, 2.24) is 4.90 Å². The van der Waals surface area contributed by atoms with Gasteiger partial charge in [-0.25, -0.2) is 0 Å². The highest BCUT2D eigenvalue weighted by atomic mass is 32.2. The Morgan fingerprint density at radius 3 is 2.76 bits per heavy atom. The van der Waals surface area contributed by atoms with E-state index in [1.807, 2.05) is 30.0 Å². The number of nitrogens with two attached hydrogens (primary N) is 1. The topological polar surface area (TPSA) is 46.3 Å². The number of carbonyl (C=O) groups is 1. The van der Waals surface area contributed by atoms with E-state index in [1.165, 1.54) is 12.8 Å². The lowest BCUT2D eigenvalue weighted by Crippen LogP contribution is -2.48. The second-order valence-corrected chi connectivity index (χ2v) is 6.67. The fourth-order valence-corrected chi connectivity index (χ4v) is 3.94. The molecule has 0 aromatic heterocycles. The summed E-state index contributed by atoms with van der Waals surface area (Å²) in [4.78, 5) is 14.1. The summed E-state index contributed by atoms with van der Waals surface area (Å²) in [6.07, 6.45) is 8.54. The van der Waals surface area contributed by atoms with Crippen molar-refractivity contribution in [2.75, 3.05) is 25.3 Å². The van der Waals surface area contributed by atoms with Gasteiger partial charge in [0.25, 0.3) is 0 Å². The van der Waals surface area contributed by atoms with Crippen molar-refractivity contribution in [2.24, 2.45) is 5.73 Å². The SMILES string of the molecule is CSCC[C@H](N)C(=O)N(C)[C@@H]1CCC[C@@H]1SC. The first-order chi connectivity index (χ1) is 8.11. The lowest BCUT2D eigenvalue weighted by atomic mass is 10.1. The van der Waals surface area contributed by atoms with Crippen LogP contribution in [0.15, 0.2) is 0 Å². The third-order valence-electron chi connectivity index (χ3n) is 3.52. The van der Waals surface area contributed by atoms with E-state index in [9.17, 15) is 4.79 Å². The largest absolute Gasteiger partial charge is 0.340 e. The van der Waals surface area contributed by atoms with E-state index in [4.69, 9.17) is 5.73 Å². The molecule has 5 heteroatoms. The maximum atomic E-state index is 12.2. The molecule has 0 aliphatic heterocycles. The van der Waals surface area contributed by atoms with Gasteiger partial charge >= 0.3 is 0 Å². The van der Waals surface area contributed by atoms with Gasteiger partial charge in [-0.05, 0) is 37.5 Å². The Morgan fingerprint density at radius 2 is 2.18 bits per heavy atom. The molecule has 3 nitrogen and oxygen atoms in total. The summed E-state index contributed by atoms with van der Waals surface area (Å²) in [7, 11) is 1.92. The summed E-state index contributed by atoms with van der Waals surface area (Å²) in [5.74, 6) is 1.07. The Morgan fingerprint density at radius 1 is 1.47 bits per heavy atom. The molecule has 2 N–H and O–H groups in total. The van der Waals surface area contributed by atoms with Crippen molar-refractivity contribution < 1.29 is 4.79 Å². The number of likely N-dealkylation sites (N-methyl/N-ethyl adjacent to an activating group) is 1. The molecular formula is C12H24N2OS2. The number of amides is 1. The van der Waals surface area contributed by atoms with Crippen molar-refractivity contribution in [3.8, 4) is 0 Å². The molecule has 0 heterocycles. The van der Waals surface area contributed by atoms with Crippen LogP contribution >= 0.6 is 23.5 Å². The Labute approximate surface area is 113 Å². The molecule has 1 aliphatic carbocycles. The van der Waals surface area contributed by atoms with E-state index in [1.54, 1.807) is 11.8 Å². The quantitative estimate of drug-likeness (QED) is 0.804. The van der Waals surface area contributed by atoms with Gasteiger partial charge in [-0.15, -0.1) is 0 Å². The first-order valence-electron chi connectivity index (χ1n) is 6.15. The molecule has 1 amide bonds. The minimum atomic E-state index is -0.324. The minimum absolute atomic E-state index is 0.116. The van der Waals surface area contributed by atoms with Crippen molar-refractivity contribution in [3.05, 3.63) is 0 Å². The highest BCUT2D eigenvalue weighted by Gasteiger charge is 2.33. The predicted octanol–water partition coefficient (Wildman–Crippen LogP) is 1.81. The summed E-state index contributed by atoms with van der Waals surface area (Å²) in [6.45, 7) is 0. The number of nitrogens with zero attached hydrogens (tertiary/aromatic N) is 1. The molecule has 1 rings (SSSR count). The minimum Gasteiger partial charge on any atom is -0.340 e. The highest BCUT2D eigenvalue weighted by molar-refractivity contribution is 7.99. The standard InChI is InChI=1S/C12H24N2OS2/c1-14(10-5-4-6-11(10)17-3)12(15)9(13)7-8-16-2/h9-11H,4-8,13H2,1-3H3/t9-,10+,11-/m0/s1. The van der Waals surface area contributed by atoms with E-state index in [0.29, 0.717) is 11.3 Å². The summed E-state index contributed by atoms with van der Waals surface area (Å²) >= 11 is 3.62. The van der Waals surface area contributed by atoms with Gasteiger partial charge in [-0.1, -0.05) is 6.42 Å². The van der Waals surface area contributed by atoms with Gasteiger partial charge in [0.2, 0.25) is 5.91 Å². The normalized spacial score (nSPS) is 25.9. The summed E-state index contributed by atoms with van der Waals surface area (Å²) < 4.78 is 0. The average Bonchev–Trinajstić information content (AvgIpc) is 2.82. The van der Waals surface area contributed by atoms with Crippen LogP contribution in [0.5, 0.6) is 0 Å². The summed E-state index contributed by atoms with van der Waals surface area (Å²) in [6, 6.07) is 0.0633. The zero-order valence-electron chi connectivity index (χ0n) is 11.0. The number of thioether (sulfide) groups is 2. The molecule has 1 fully saturated rings. The second kappa shape index (κ2) is 7.54. The van der Waals surface area contributed by atoms with Gasteiger partial charge in [-0.3, -0.25) is 4.79 Å². The Balaban J connectivity index is 2.50. The lowest BCUT2D eigenvalue weighted by Gasteiger charge is -2.31. The Bertz CT molecular complexity index is 251. The molecule has 0 aromatic carbocycles. The van der Waals surface area contributed by atoms with Gasteiger partial charge in [0.1, 0.15) is 0 Å². The third-order valence-corrected chi connectivity index (χ3v) is 5.32. The van der Waals surface area contributed by atoms with Crippen molar-refractivity contribution in [1.29, 1.82) is 0 Å². The van der Waals surface area contributed by atoms with Gasteiger partial charge in [0.05, 0.1) is 6.04 Å². The van der Waals surface area contributed by atoms with Crippen molar-refractivity contribution in [2.45, 2.75) is 43.0 Å². The zero-order chi connectivity index (χ0) is 12.8. The highest BCUT2D eigenvalue weighted by Crippen LogP contribution is 2.31. The average molecular weight is 276 g/mol. The van der Waals surface area contributed by atoms with E-state index >= 15 is 0 Å². The lowest BCUT2D eigenvalue weighted by molar-refractivity contribution is -0.133. The molecule has 0 bridgehead atoms. The van der Waals surface area contributed by atoms with Crippen LogP contribution in [0.25, 0.3) is 0 Å². The van der Waals surface area contributed by atoms with Crippen LogP contribution in [-0.4, -0.2) is 53.5 Å². The molecule has 1 aliphatic rings. The van der Waals surface area contributed by atoms with Crippen LogP contribution in [0.3, 0.4) is 0 Å². The van der Waals surface area contributed by atoms with Crippen LogP contribution in [0, 0.1) is 0 Å². The van der Waals surface area contributed by atoms with Crippen LogP contribution < -0.4 is 5.73 Å². The molecular weight excluding hydrogens is 252 g/mol. The van der Waals surface area contributed by atoms with Crippen LogP contribution in [0.1, 0.15) is 25.7 Å². The molecule has 0 aromatic rings. The third kappa shape index (κ3) is 4.07. The van der Waals surface area contributed by atoms with Gasteiger partial charge in [0.15, 0.2) is 0 Å². The molecule has 3 atom stereocenters. The molecule has 0 unspecified atom stereocenters. The molecule has 1 saturated carbocycles. The fraction of sp³-hybridized carbons (Fsp3) is 0.917. The maximum Gasteiger partial charge on any atom is 0.239 e. The van der Waals surface area contributed by atoms with Gasteiger partial charge < -0.3 is 10.6 Å². The smallest absolute Gasteiger partial charge is 0.239 e. The van der Waals surface area contributed by atoms with E-state index in [-0.39, 0.29) is 11.9 Å². The number of rotatable bonds is 6. The van der Waals surface area contributed by atoms with Crippen LogP contribution in [0.2, 0.25) is 0 Å². The maximum absolute atomic E-state index is 12.2. The zero-order valence-corrected chi connectivity index (χ0v) is 12.6. The van der Waals surface area contributed by atoms with E-state index < -0.39 is 0 Å². The van der Waals surface area contributed by atoms with E-state index in [0.717, 1.165) is 18.6 Å². The van der Waals surface area contributed by atoms with Gasteiger partial charge in [-0.2, -0.15) is 23.5 Å². The second-order valence-electron chi connectivity index (χ2n) is 4.61. The number of carbonyl (C=O) groups excluding carboxylic acids is 1. The first kappa shape index (κ1) is 15.2. The molecule has 100 valence electrons. The summed E-state index contributed by atoms with van der Waals surface area (Å²) in [5, 5.41) is 0.594. The predicted molar refractivity (Wildman–Crippen MR) is 78.7 cm³/mol. The molecule has 0 spiro atoms. The first-order valence-corrected chi connectivity index (χ1v) is 8.84. The molecule has 0 radical (unpaired) electrons. The Hall–Kier alpha value is 0.130. The molecule has 0 saturated heterocycles. The van der Waals surface area contributed by atoms with E-state index in [2.05, 4.69) is 6.26 Å². The fourth-order valence-electron chi connectivity index (χ4n) is 2.42. The number of hydrogen-bond acceptors (Lipinski definition) is 4. The Kier molecular flexibility index (Phi) is 6.74. The molecule has 17 heavy (non-hydrogen) atoms.